The van der Waals surface area contributed by atoms with Crippen molar-refractivity contribution < 1.29 is 19.1 Å². The van der Waals surface area contributed by atoms with Crippen molar-refractivity contribution in [1.29, 1.82) is 0 Å². The first-order valence-electron chi connectivity index (χ1n) is 7.69. The maximum absolute atomic E-state index is 11.5. The Hall–Kier alpha value is -1.46. The van der Waals surface area contributed by atoms with E-state index < -0.39 is 0 Å². The standard InChI is InChI=1S/C15H30N2O4/c1-6-20-13(18)16-11-9-8-10-12(3)15(4,5)17-14(19)21-7-2/h12H,6-11H2,1-5H3,(H,16,18)(H,17,19). The second-order valence-corrected chi connectivity index (χ2v) is 5.61. The quantitative estimate of drug-likeness (QED) is 0.642. The number of amides is 2. The van der Waals surface area contributed by atoms with E-state index >= 15 is 0 Å². The van der Waals surface area contributed by atoms with Crippen LogP contribution in [0.1, 0.15) is 53.9 Å². The molecule has 1 atom stereocenters. The Morgan fingerprint density at radius 1 is 1.05 bits per heavy atom. The van der Waals surface area contributed by atoms with Gasteiger partial charge in [0.15, 0.2) is 0 Å². The van der Waals surface area contributed by atoms with Crippen molar-refractivity contribution >= 4 is 12.2 Å². The molecule has 2 amide bonds. The molecule has 6 heteroatoms. The fourth-order valence-electron chi connectivity index (χ4n) is 1.86. The van der Waals surface area contributed by atoms with Crippen molar-refractivity contribution in [3.05, 3.63) is 0 Å². The molecule has 1 unspecified atom stereocenters. The maximum atomic E-state index is 11.5. The van der Waals surface area contributed by atoms with Crippen LogP contribution in [0.2, 0.25) is 0 Å². The number of carbonyl (C=O) groups is 2. The van der Waals surface area contributed by atoms with Crippen molar-refractivity contribution in [2.75, 3.05) is 19.8 Å². The van der Waals surface area contributed by atoms with Crippen LogP contribution in [0.3, 0.4) is 0 Å². The predicted octanol–water partition coefficient (Wildman–Crippen LogP) is 3.06. The van der Waals surface area contributed by atoms with E-state index in [2.05, 4.69) is 17.6 Å². The molecule has 0 rings (SSSR count). The molecule has 0 spiro atoms. The predicted molar refractivity (Wildman–Crippen MR) is 82.3 cm³/mol. The van der Waals surface area contributed by atoms with Gasteiger partial charge in [-0.2, -0.15) is 0 Å². The van der Waals surface area contributed by atoms with E-state index in [1.807, 2.05) is 13.8 Å². The van der Waals surface area contributed by atoms with E-state index in [1.54, 1.807) is 13.8 Å². The lowest BCUT2D eigenvalue weighted by Crippen LogP contribution is -2.48. The van der Waals surface area contributed by atoms with Gasteiger partial charge in [0.05, 0.1) is 13.2 Å². The van der Waals surface area contributed by atoms with Gasteiger partial charge in [-0.1, -0.05) is 13.3 Å². The van der Waals surface area contributed by atoms with Gasteiger partial charge in [0.2, 0.25) is 0 Å². The Balaban J connectivity index is 3.88. The fraction of sp³-hybridized carbons (Fsp3) is 0.867. The molecule has 0 aliphatic rings. The molecular formula is C15H30N2O4. The summed E-state index contributed by atoms with van der Waals surface area (Å²) in [7, 11) is 0. The normalized spacial score (nSPS) is 12.4. The van der Waals surface area contributed by atoms with Crippen LogP contribution in [0.25, 0.3) is 0 Å². The average Bonchev–Trinajstić information content (AvgIpc) is 2.37. The van der Waals surface area contributed by atoms with Crippen LogP contribution in [0, 0.1) is 5.92 Å². The Morgan fingerprint density at radius 3 is 2.19 bits per heavy atom. The van der Waals surface area contributed by atoms with E-state index in [0.717, 1.165) is 19.3 Å². The van der Waals surface area contributed by atoms with E-state index in [9.17, 15) is 9.59 Å². The molecule has 2 N–H and O–H groups in total. The van der Waals surface area contributed by atoms with Gasteiger partial charge in [-0.05, 0) is 46.5 Å². The molecule has 0 saturated carbocycles. The molecule has 0 bridgehead atoms. The highest BCUT2D eigenvalue weighted by atomic mass is 16.6. The molecule has 0 aliphatic heterocycles. The fourth-order valence-corrected chi connectivity index (χ4v) is 1.86. The van der Waals surface area contributed by atoms with Crippen molar-refractivity contribution in [3.63, 3.8) is 0 Å². The molecule has 0 radical (unpaired) electrons. The van der Waals surface area contributed by atoms with E-state index in [0.29, 0.717) is 25.7 Å². The summed E-state index contributed by atoms with van der Waals surface area (Å²) in [6, 6.07) is 0. The second-order valence-electron chi connectivity index (χ2n) is 5.61. The summed E-state index contributed by atoms with van der Waals surface area (Å²) in [5.74, 6) is 0.310. The average molecular weight is 302 g/mol. The first-order valence-corrected chi connectivity index (χ1v) is 7.69. The van der Waals surface area contributed by atoms with Crippen molar-refractivity contribution in [2.45, 2.75) is 59.4 Å². The summed E-state index contributed by atoms with van der Waals surface area (Å²) in [6.07, 6.45) is 2.08. The number of hydrogen-bond donors (Lipinski definition) is 2. The summed E-state index contributed by atoms with van der Waals surface area (Å²) in [6.45, 7) is 11.0. The molecule has 0 aromatic carbocycles. The van der Waals surface area contributed by atoms with Crippen molar-refractivity contribution in [2.24, 2.45) is 5.92 Å². The van der Waals surface area contributed by atoms with Crippen LogP contribution in [-0.2, 0) is 9.47 Å². The number of hydrogen-bond acceptors (Lipinski definition) is 4. The smallest absolute Gasteiger partial charge is 0.407 e. The van der Waals surface area contributed by atoms with E-state index in [-0.39, 0.29) is 17.7 Å². The SMILES string of the molecule is CCOC(=O)NCCCCC(C)C(C)(C)NC(=O)OCC. The Labute approximate surface area is 127 Å². The van der Waals surface area contributed by atoms with Crippen LogP contribution >= 0.6 is 0 Å². The Bertz CT molecular complexity index is 319. The zero-order valence-corrected chi connectivity index (χ0v) is 14.0. The molecule has 21 heavy (non-hydrogen) atoms. The lowest BCUT2D eigenvalue weighted by atomic mass is 9.85. The topological polar surface area (TPSA) is 76.7 Å². The Kier molecular flexibility index (Phi) is 9.58. The van der Waals surface area contributed by atoms with Gasteiger partial charge >= 0.3 is 12.2 Å². The van der Waals surface area contributed by atoms with Crippen LogP contribution in [0.4, 0.5) is 9.59 Å². The third kappa shape index (κ3) is 9.15. The van der Waals surface area contributed by atoms with E-state index in [4.69, 9.17) is 9.47 Å². The monoisotopic (exact) mass is 302 g/mol. The third-order valence-corrected chi connectivity index (χ3v) is 3.54. The summed E-state index contributed by atoms with van der Waals surface area (Å²) < 4.78 is 9.69. The van der Waals surface area contributed by atoms with Gasteiger partial charge in [0.1, 0.15) is 0 Å². The second kappa shape index (κ2) is 10.3. The summed E-state index contributed by atoms with van der Waals surface area (Å²) in [5, 5.41) is 5.58. The molecule has 0 saturated heterocycles. The van der Waals surface area contributed by atoms with Crippen LogP contribution < -0.4 is 10.6 Å². The molecular weight excluding hydrogens is 272 g/mol. The first kappa shape index (κ1) is 19.5. The van der Waals surface area contributed by atoms with Crippen LogP contribution in [0.5, 0.6) is 0 Å². The van der Waals surface area contributed by atoms with Gasteiger partial charge < -0.3 is 20.1 Å². The summed E-state index contributed by atoms with van der Waals surface area (Å²) >= 11 is 0. The van der Waals surface area contributed by atoms with Gasteiger partial charge in [-0.15, -0.1) is 0 Å². The highest BCUT2D eigenvalue weighted by Crippen LogP contribution is 2.22. The molecule has 0 aromatic heterocycles. The highest BCUT2D eigenvalue weighted by molar-refractivity contribution is 5.68. The molecule has 0 heterocycles. The van der Waals surface area contributed by atoms with Gasteiger partial charge in [0, 0.05) is 12.1 Å². The van der Waals surface area contributed by atoms with Crippen molar-refractivity contribution in [3.8, 4) is 0 Å². The first-order chi connectivity index (χ1) is 9.83. The number of carbonyl (C=O) groups excluding carboxylic acids is 2. The number of alkyl carbamates (subject to hydrolysis) is 2. The number of rotatable bonds is 9. The zero-order valence-electron chi connectivity index (χ0n) is 14.0. The number of unbranched alkanes of at least 4 members (excludes halogenated alkanes) is 1. The minimum Gasteiger partial charge on any atom is -0.450 e. The van der Waals surface area contributed by atoms with Crippen LogP contribution in [-0.4, -0.2) is 37.5 Å². The summed E-state index contributed by atoms with van der Waals surface area (Å²) in [5.41, 5.74) is -0.319. The minimum atomic E-state index is -0.377. The lowest BCUT2D eigenvalue weighted by molar-refractivity contribution is 0.131. The zero-order chi connectivity index (χ0) is 16.3. The van der Waals surface area contributed by atoms with Gasteiger partial charge in [-0.3, -0.25) is 0 Å². The lowest BCUT2D eigenvalue weighted by Gasteiger charge is -2.32. The number of ether oxygens (including phenoxy) is 2. The minimum absolute atomic E-state index is 0.310. The highest BCUT2D eigenvalue weighted by Gasteiger charge is 2.27. The third-order valence-electron chi connectivity index (χ3n) is 3.54. The maximum Gasteiger partial charge on any atom is 0.407 e. The molecule has 6 nitrogen and oxygen atoms in total. The molecule has 0 fully saturated rings. The van der Waals surface area contributed by atoms with Crippen molar-refractivity contribution in [1.82, 2.24) is 10.6 Å². The summed E-state index contributed by atoms with van der Waals surface area (Å²) in [4.78, 5) is 22.6. The Morgan fingerprint density at radius 2 is 1.62 bits per heavy atom. The number of nitrogens with one attached hydrogen (secondary N) is 2. The molecule has 0 aliphatic carbocycles. The molecule has 124 valence electrons. The van der Waals surface area contributed by atoms with Gasteiger partial charge in [0.25, 0.3) is 0 Å². The van der Waals surface area contributed by atoms with Crippen LogP contribution in [0.15, 0.2) is 0 Å². The molecule has 0 aromatic rings. The largest absolute Gasteiger partial charge is 0.450 e. The van der Waals surface area contributed by atoms with Gasteiger partial charge in [-0.25, -0.2) is 9.59 Å². The van der Waals surface area contributed by atoms with E-state index in [1.165, 1.54) is 0 Å².